The Bertz CT molecular complexity index is 919. The Kier molecular flexibility index (Phi) is 46.3. The van der Waals surface area contributed by atoms with Crippen molar-refractivity contribution < 1.29 is 52.0 Å². The highest BCUT2D eigenvalue weighted by atomic mass is 127. The third-order valence-electron chi connectivity index (χ3n) is 12.3. The first kappa shape index (κ1) is 61.6. The van der Waals surface area contributed by atoms with E-state index in [-0.39, 0.29) is 41.8 Å². The monoisotopic (exact) mass is 967 g/mol. The van der Waals surface area contributed by atoms with Gasteiger partial charge in [0.15, 0.2) is 6.17 Å². The van der Waals surface area contributed by atoms with Gasteiger partial charge in [-0.25, -0.2) is 14.2 Å². The minimum Gasteiger partial charge on any atom is -1.00 e. The minimum absolute atomic E-state index is 0. The summed E-state index contributed by atoms with van der Waals surface area (Å²) >= 11 is 0. The van der Waals surface area contributed by atoms with Crippen LogP contribution in [0.2, 0.25) is 0 Å². The summed E-state index contributed by atoms with van der Waals surface area (Å²) in [6.07, 6.45) is 40.3. The van der Waals surface area contributed by atoms with E-state index in [0.29, 0.717) is 26.1 Å². The molecule has 360 valence electrons. The SMILES string of the molecule is CCCCCCCCCCON(C(=O)CCC[N+](C)(C)C)C(CCCCCCCCC)CCCCCCCOC(=O)C(F)CC(CCCCCC)CCCCCCCC.[I-]. The molecular weight excluding hydrogens is 862 g/mol. The zero-order valence-electron chi connectivity index (χ0n) is 41.3. The summed E-state index contributed by atoms with van der Waals surface area (Å²) in [5.41, 5.74) is 0. The number of hydroxylamine groups is 2. The molecule has 3 atom stereocenters. The van der Waals surface area contributed by atoms with Gasteiger partial charge in [0.25, 0.3) is 0 Å². The Labute approximate surface area is 391 Å². The molecule has 6 nitrogen and oxygen atoms in total. The van der Waals surface area contributed by atoms with Crippen LogP contribution in [0.5, 0.6) is 0 Å². The van der Waals surface area contributed by atoms with E-state index >= 15 is 4.39 Å². The second-order valence-electron chi connectivity index (χ2n) is 19.4. The number of amides is 1. The predicted molar refractivity (Wildman–Crippen MR) is 252 cm³/mol. The Morgan fingerprint density at radius 2 is 0.867 bits per heavy atom. The third-order valence-corrected chi connectivity index (χ3v) is 12.3. The molecule has 0 radical (unpaired) electrons. The fourth-order valence-electron chi connectivity index (χ4n) is 8.43. The summed E-state index contributed by atoms with van der Waals surface area (Å²) in [6, 6.07) is 0.121. The van der Waals surface area contributed by atoms with Crippen molar-refractivity contribution in [2.24, 2.45) is 5.92 Å². The van der Waals surface area contributed by atoms with Crippen LogP contribution in [-0.2, 0) is 19.2 Å². The van der Waals surface area contributed by atoms with Crippen LogP contribution < -0.4 is 24.0 Å². The van der Waals surface area contributed by atoms with Gasteiger partial charge in [-0.1, -0.05) is 220 Å². The molecule has 0 saturated carbocycles. The van der Waals surface area contributed by atoms with E-state index < -0.39 is 12.1 Å². The van der Waals surface area contributed by atoms with Crippen LogP contribution in [0.25, 0.3) is 0 Å². The fourth-order valence-corrected chi connectivity index (χ4v) is 8.43. The second kappa shape index (κ2) is 45.1. The van der Waals surface area contributed by atoms with Crippen LogP contribution in [-0.4, -0.2) is 74.5 Å². The van der Waals surface area contributed by atoms with E-state index in [1.54, 1.807) is 0 Å². The van der Waals surface area contributed by atoms with Gasteiger partial charge in [-0.3, -0.25) is 9.63 Å². The molecule has 0 spiro atoms. The maximum absolute atomic E-state index is 15.1. The fraction of sp³-hybridized carbons (Fsp3) is 0.962. The van der Waals surface area contributed by atoms with Gasteiger partial charge in [0, 0.05) is 12.8 Å². The Morgan fingerprint density at radius 1 is 0.500 bits per heavy atom. The van der Waals surface area contributed by atoms with Gasteiger partial charge in [0.05, 0.1) is 46.9 Å². The highest BCUT2D eigenvalue weighted by Crippen LogP contribution is 2.26. The largest absolute Gasteiger partial charge is 1.00 e. The summed E-state index contributed by atoms with van der Waals surface area (Å²) in [6.45, 7) is 10.9. The van der Waals surface area contributed by atoms with Crippen LogP contribution in [0.1, 0.15) is 265 Å². The van der Waals surface area contributed by atoms with Gasteiger partial charge < -0.3 is 33.2 Å². The van der Waals surface area contributed by atoms with Gasteiger partial charge in [-0.15, -0.1) is 0 Å². The number of hydrogen-bond acceptors (Lipinski definition) is 4. The molecule has 0 rings (SSSR count). The normalized spacial score (nSPS) is 13.2. The van der Waals surface area contributed by atoms with Crippen LogP contribution in [0, 0.1) is 5.92 Å². The molecule has 3 unspecified atom stereocenters. The molecule has 0 aliphatic carbocycles. The van der Waals surface area contributed by atoms with Gasteiger partial charge in [0.2, 0.25) is 5.91 Å². The first-order valence-electron chi connectivity index (χ1n) is 26.2. The number of ether oxygens (including phenoxy) is 1. The first-order valence-corrected chi connectivity index (χ1v) is 26.2. The van der Waals surface area contributed by atoms with E-state index in [2.05, 4.69) is 48.8 Å². The van der Waals surface area contributed by atoms with E-state index in [1.165, 1.54) is 128 Å². The molecule has 0 N–H and O–H groups in total. The lowest BCUT2D eigenvalue weighted by atomic mass is 9.90. The maximum Gasteiger partial charge on any atom is 0.340 e. The lowest BCUT2D eigenvalue weighted by Crippen LogP contribution is -3.00. The number of esters is 1. The molecule has 60 heavy (non-hydrogen) atoms. The van der Waals surface area contributed by atoms with E-state index in [1.807, 2.05) is 5.06 Å². The second-order valence-corrected chi connectivity index (χ2v) is 19.4. The van der Waals surface area contributed by atoms with Crippen molar-refractivity contribution in [1.29, 1.82) is 0 Å². The third kappa shape index (κ3) is 40.3. The van der Waals surface area contributed by atoms with E-state index in [0.717, 1.165) is 107 Å². The number of halogens is 2. The van der Waals surface area contributed by atoms with Crippen molar-refractivity contribution in [3.8, 4) is 0 Å². The topological polar surface area (TPSA) is 55.8 Å². The Hall–Kier alpha value is -0.480. The highest BCUT2D eigenvalue weighted by molar-refractivity contribution is 5.75. The predicted octanol–water partition coefficient (Wildman–Crippen LogP) is 12.8. The van der Waals surface area contributed by atoms with Gasteiger partial charge in [-0.2, -0.15) is 0 Å². The molecule has 0 saturated heterocycles. The molecule has 0 heterocycles. The molecule has 0 aromatic carbocycles. The van der Waals surface area contributed by atoms with Gasteiger partial charge in [0.1, 0.15) is 0 Å². The van der Waals surface area contributed by atoms with Crippen molar-refractivity contribution in [2.45, 2.75) is 277 Å². The van der Waals surface area contributed by atoms with E-state index in [4.69, 9.17) is 9.57 Å². The highest BCUT2D eigenvalue weighted by Gasteiger charge is 2.26. The number of alkyl halides is 1. The molecular formula is C52H104FIN2O4. The molecule has 0 aliphatic heterocycles. The number of rotatable bonds is 46. The molecule has 8 heteroatoms. The van der Waals surface area contributed by atoms with Crippen molar-refractivity contribution in [3.05, 3.63) is 0 Å². The Balaban J connectivity index is 0. The zero-order chi connectivity index (χ0) is 43.7. The summed E-state index contributed by atoms with van der Waals surface area (Å²) in [7, 11) is 6.57. The Morgan fingerprint density at radius 3 is 1.30 bits per heavy atom. The standard InChI is InChI=1S/C52H104FN2O4.HI/c1-8-12-16-20-23-25-31-37-46-59-54(51(56)43-38-44-55(5,6)7)49(41-34-28-24-21-17-13-9-2)42-35-29-26-30-36-45-58-52(57)50(53)47-48(39-32-19-15-11-4)40-33-27-22-18-14-10-3;/h48-50H,8-47H2,1-7H3;1H/q+1;/p-1. The van der Waals surface area contributed by atoms with Crippen LogP contribution in [0.4, 0.5) is 4.39 Å². The molecule has 1 amide bonds. The van der Waals surface area contributed by atoms with Gasteiger partial charge in [-0.05, 0) is 38.0 Å². The van der Waals surface area contributed by atoms with Crippen LogP contribution in [0.3, 0.4) is 0 Å². The molecule has 0 aliphatic rings. The molecule has 0 aromatic rings. The molecule has 0 bridgehead atoms. The summed E-state index contributed by atoms with van der Waals surface area (Å²) < 4.78 is 21.5. The minimum atomic E-state index is -1.50. The number of nitrogens with zero attached hydrogens (tertiary/aromatic N) is 2. The quantitative estimate of drug-likeness (QED) is 0.0201. The molecule has 0 aromatic heterocycles. The van der Waals surface area contributed by atoms with E-state index in [9.17, 15) is 9.59 Å². The van der Waals surface area contributed by atoms with Crippen molar-refractivity contribution >= 4 is 11.9 Å². The summed E-state index contributed by atoms with van der Waals surface area (Å²) in [5.74, 6) is -0.221. The van der Waals surface area contributed by atoms with Gasteiger partial charge >= 0.3 is 5.97 Å². The number of carbonyl (C=O) groups is 2. The number of quaternary nitrogens is 1. The average molecular weight is 967 g/mol. The lowest BCUT2D eigenvalue weighted by Gasteiger charge is -2.32. The zero-order valence-corrected chi connectivity index (χ0v) is 43.5. The number of hydrogen-bond donors (Lipinski definition) is 0. The number of unbranched alkanes of at least 4 members (excludes halogenated alkanes) is 25. The van der Waals surface area contributed by atoms with Crippen LogP contribution in [0.15, 0.2) is 0 Å². The molecule has 0 fully saturated rings. The first-order chi connectivity index (χ1) is 28.6. The maximum atomic E-state index is 15.1. The smallest absolute Gasteiger partial charge is 0.340 e. The van der Waals surface area contributed by atoms with Crippen molar-refractivity contribution in [2.75, 3.05) is 40.9 Å². The number of carbonyl (C=O) groups excluding carboxylic acids is 2. The van der Waals surface area contributed by atoms with Crippen molar-refractivity contribution in [1.82, 2.24) is 5.06 Å². The van der Waals surface area contributed by atoms with Crippen molar-refractivity contribution in [3.63, 3.8) is 0 Å². The average Bonchev–Trinajstić information content (AvgIpc) is 3.20. The van der Waals surface area contributed by atoms with Crippen LogP contribution >= 0.6 is 0 Å². The summed E-state index contributed by atoms with van der Waals surface area (Å²) in [4.78, 5) is 32.9. The lowest BCUT2D eigenvalue weighted by molar-refractivity contribution is -0.870. The summed E-state index contributed by atoms with van der Waals surface area (Å²) in [5, 5.41) is 1.84.